The number of nitrogens with zero attached hydrogens (tertiary/aromatic N) is 2. The number of alkyl halides is 2. The van der Waals surface area contributed by atoms with Crippen molar-refractivity contribution < 1.29 is 18.7 Å². The minimum atomic E-state index is -2.50. The number of rotatable bonds is 3. The molecule has 0 spiro atoms. The van der Waals surface area contributed by atoms with Gasteiger partial charge in [0.15, 0.2) is 0 Å². The van der Waals surface area contributed by atoms with Gasteiger partial charge in [-0.05, 0) is 13.8 Å². The molecule has 0 unspecified atom stereocenters. The summed E-state index contributed by atoms with van der Waals surface area (Å²) in [5.41, 5.74) is -0.306. The lowest BCUT2D eigenvalue weighted by Crippen LogP contribution is -2.41. The normalized spacial score (nSPS) is 18.4. The number of carboxylic acid groups (broad SMARTS) is 1. The molecule has 0 radical (unpaired) electrons. The van der Waals surface area contributed by atoms with Crippen molar-refractivity contribution in [1.29, 1.82) is 5.26 Å². The maximum absolute atomic E-state index is 12.8. The Kier molecular flexibility index (Phi) is 5.92. The number of hydrogen-bond donors (Lipinski definition) is 1. The fourth-order valence-corrected chi connectivity index (χ4v) is 1.42. The number of carbonyl (C=O) groups is 1. The average Bonchev–Trinajstić information content (AvgIpc) is 2.60. The highest BCUT2D eigenvalue weighted by Crippen LogP contribution is 2.31. The minimum absolute atomic E-state index is 0.0235. The van der Waals surface area contributed by atoms with E-state index in [0.29, 0.717) is 6.54 Å². The quantitative estimate of drug-likeness (QED) is 0.791. The van der Waals surface area contributed by atoms with Gasteiger partial charge in [-0.25, -0.2) is 8.78 Å². The van der Waals surface area contributed by atoms with E-state index in [9.17, 15) is 13.6 Å². The molecule has 1 aliphatic heterocycles. The van der Waals surface area contributed by atoms with Gasteiger partial charge in [0.25, 0.3) is 5.92 Å². The van der Waals surface area contributed by atoms with E-state index in [4.69, 9.17) is 10.4 Å². The fourth-order valence-electron chi connectivity index (χ4n) is 1.42. The van der Waals surface area contributed by atoms with Crippen molar-refractivity contribution in [1.82, 2.24) is 4.90 Å². The molecule has 0 aromatic heterocycles. The molecule has 0 atom stereocenters. The van der Waals surface area contributed by atoms with Crippen LogP contribution >= 0.6 is 0 Å². The monoisotopic (exact) mass is 260 g/mol. The SMILES string of the molecule is C=CC(C)(C)N1CCC(F)(F)C1.N#CCC(=O)O. The molecule has 0 saturated carbocycles. The van der Waals surface area contributed by atoms with Crippen molar-refractivity contribution in [3.05, 3.63) is 12.7 Å². The summed E-state index contributed by atoms with van der Waals surface area (Å²) in [6.07, 6.45) is 1.29. The minimum Gasteiger partial charge on any atom is -0.480 e. The Balaban J connectivity index is 0.000000411. The second kappa shape index (κ2) is 6.45. The molecule has 0 aromatic rings. The Morgan fingerprint density at radius 2 is 2.22 bits per heavy atom. The van der Waals surface area contributed by atoms with Crippen molar-refractivity contribution in [2.24, 2.45) is 0 Å². The first-order valence-electron chi connectivity index (χ1n) is 5.50. The maximum Gasteiger partial charge on any atom is 0.317 e. The molecule has 0 bridgehead atoms. The summed E-state index contributed by atoms with van der Waals surface area (Å²) >= 11 is 0. The summed E-state index contributed by atoms with van der Waals surface area (Å²) in [7, 11) is 0. The molecule has 102 valence electrons. The van der Waals surface area contributed by atoms with Crippen LogP contribution in [0.15, 0.2) is 12.7 Å². The van der Waals surface area contributed by atoms with E-state index in [0.717, 1.165) is 0 Å². The van der Waals surface area contributed by atoms with Crippen LogP contribution in [0.1, 0.15) is 26.7 Å². The summed E-state index contributed by atoms with van der Waals surface area (Å²) in [4.78, 5) is 11.1. The van der Waals surface area contributed by atoms with Gasteiger partial charge in [0.2, 0.25) is 0 Å². The van der Waals surface area contributed by atoms with Gasteiger partial charge in [-0.1, -0.05) is 6.08 Å². The Hall–Kier alpha value is -1.48. The van der Waals surface area contributed by atoms with Crippen LogP contribution in [-0.4, -0.2) is 40.5 Å². The second-order valence-corrected chi connectivity index (χ2v) is 4.61. The van der Waals surface area contributed by atoms with E-state index in [1.165, 1.54) is 6.07 Å². The summed E-state index contributed by atoms with van der Waals surface area (Å²) in [5, 5.41) is 15.3. The van der Waals surface area contributed by atoms with E-state index in [-0.39, 0.29) is 18.5 Å². The standard InChI is InChI=1S/C9H15F2N.C3H3NO2/c1-4-8(2,3)12-6-5-9(10,11)7-12;4-2-1-3(5)6/h4H,1,5-7H2,2-3H3;1H2,(H,5,6). The van der Waals surface area contributed by atoms with Crippen LogP contribution in [0.3, 0.4) is 0 Å². The van der Waals surface area contributed by atoms with Crippen molar-refractivity contribution in [3.8, 4) is 6.07 Å². The lowest BCUT2D eigenvalue weighted by Gasteiger charge is -2.32. The largest absolute Gasteiger partial charge is 0.480 e. The van der Waals surface area contributed by atoms with Gasteiger partial charge in [-0.15, -0.1) is 6.58 Å². The lowest BCUT2D eigenvalue weighted by atomic mass is 10.0. The van der Waals surface area contributed by atoms with Crippen molar-refractivity contribution >= 4 is 5.97 Å². The average molecular weight is 260 g/mol. The molecular formula is C12H18F2N2O2. The highest BCUT2D eigenvalue weighted by atomic mass is 19.3. The summed E-state index contributed by atoms with van der Waals surface area (Å²) < 4.78 is 25.6. The lowest BCUT2D eigenvalue weighted by molar-refractivity contribution is -0.135. The van der Waals surface area contributed by atoms with Gasteiger partial charge in [0.05, 0.1) is 12.6 Å². The topological polar surface area (TPSA) is 64.3 Å². The maximum atomic E-state index is 12.8. The molecule has 1 fully saturated rings. The number of aliphatic carboxylic acids is 1. The first-order chi connectivity index (χ1) is 8.14. The molecule has 0 aliphatic carbocycles. The summed E-state index contributed by atoms with van der Waals surface area (Å²) in [6.45, 7) is 7.78. The van der Waals surface area contributed by atoms with Gasteiger partial charge in [0.1, 0.15) is 6.42 Å². The molecule has 4 nitrogen and oxygen atoms in total. The van der Waals surface area contributed by atoms with E-state index in [1.54, 1.807) is 11.0 Å². The number of hydrogen-bond acceptors (Lipinski definition) is 3. The van der Waals surface area contributed by atoms with Gasteiger partial charge in [-0.2, -0.15) is 5.26 Å². The van der Waals surface area contributed by atoms with Crippen molar-refractivity contribution in [3.63, 3.8) is 0 Å². The summed E-state index contributed by atoms with van der Waals surface area (Å²) in [6, 6.07) is 1.47. The van der Waals surface area contributed by atoms with Gasteiger partial charge in [-0.3, -0.25) is 9.69 Å². The number of halogens is 2. The Morgan fingerprint density at radius 3 is 2.44 bits per heavy atom. The zero-order chi connectivity index (χ0) is 14.4. The molecule has 18 heavy (non-hydrogen) atoms. The van der Waals surface area contributed by atoms with Crippen LogP contribution in [0, 0.1) is 11.3 Å². The molecule has 6 heteroatoms. The van der Waals surface area contributed by atoms with Crippen molar-refractivity contribution in [2.75, 3.05) is 13.1 Å². The number of nitriles is 1. The molecule has 1 saturated heterocycles. The number of likely N-dealkylation sites (tertiary alicyclic amines) is 1. The van der Waals surface area contributed by atoms with Crippen LogP contribution in [0.25, 0.3) is 0 Å². The molecule has 1 N–H and O–H groups in total. The highest BCUT2D eigenvalue weighted by molar-refractivity contribution is 5.69. The van der Waals surface area contributed by atoms with Crippen molar-refractivity contribution in [2.45, 2.75) is 38.2 Å². The Bertz CT molecular complexity index is 348. The third-order valence-corrected chi connectivity index (χ3v) is 2.71. The van der Waals surface area contributed by atoms with Crippen LogP contribution in [0.5, 0.6) is 0 Å². The van der Waals surface area contributed by atoms with Crippen LogP contribution in [0.2, 0.25) is 0 Å². The predicted octanol–water partition coefficient (Wildman–Crippen LogP) is 2.28. The molecule has 0 aromatic carbocycles. The van der Waals surface area contributed by atoms with Gasteiger partial charge >= 0.3 is 5.97 Å². The van der Waals surface area contributed by atoms with Gasteiger partial charge < -0.3 is 5.11 Å². The van der Waals surface area contributed by atoms with Gasteiger partial charge in [0, 0.05) is 18.5 Å². The summed E-state index contributed by atoms with van der Waals surface area (Å²) in [5.74, 6) is -3.57. The smallest absolute Gasteiger partial charge is 0.317 e. The molecular weight excluding hydrogens is 242 g/mol. The Labute approximate surface area is 106 Å². The second-order valence-electron chi connectivity index (χ2n) is 4.61. The third kappa shape index (κ3) is 5.73. The Morgan fingerprint density at radius 1 is 1.67 bits per heavy atom. The number of carboxylic acids is 1. The van der Waals surface area contributed by atoms with Crippen LogP contribution in [0.4, 0.5) is 8.78 Å². The predicted molar refractivity (Wildman–Crippen MR) is 63.3 cm³/mol. The van der Waals surface area contributed by atoms with E-state index in [2.05, 4.69) is 6.58 Å². The van der Waals surface area contributed by atoms with E-state index in [1.807, 2.05) is 13.8 Å². The zero-order valence-corrected chi connectivity index (χ0v) is 10.6. The molecule has 0 amide bonds. The van der Waals surface area contributed by atoms with E-state index < -0.39 is 18.3 Å². The zero-order valence-electron chi connectivity index (χ0n) is 10.6. The first kappa shape index (κ1) is 16.5. The molecule has 1 aliphatic rings. The molecule has 1 rings (SSSR count). The molecule has 1 heterocycles. The van der Waals surface area contributed by atoms with Crippen LogP contribution in [-0.2, 0) is 4.79 Å². The fraction of sp³-hybridized carbons (Fsp3) is 0.667. The first-order valence-corrected chi connectivity index (χ1v) is 5.50. The van der Waals surface area contributed by atoms with Crippen LogP contribution < -0.4 is 0 Å². The highest BCUT2D eigenvalue weighted by Gasteiger charge is 2.42. The third-order valence-electron chi connectivity index (χ3n) is 2.71. The van der Waals surface area contributed by atoms with E-state index >= 15 is 0 Å².